The maximum atomic E-state index is 10.2. The smallest absolute Gasteiger partial charge is 0.126 e. The normalized spacial score (nSPS) is 12.9. The maximum Gasteiger partial charge on any atom is 0.126 e. The van der Waals surface area contributed by atoms with Crippen molar-refractivity contribution in [2.24, 2.45) is 5.92 Å². The summed E-state index contributed by atoms with van der Waals surface area (Å²) in [5.41, 5.74) is 2.55. The van der Waals surface area contributed by atoms with Crippen LogP contribution >= 0.6 is 0 Å². The number of ether oxygens (including phenoxy) is 3. The molecule has 1 unspecified atom stereocenters. The molecule has 0 bridgehead atoms. The van der Waals surface area contributed by atoms with Crippen LogP contribution in [0.5, 0.6) is 5.75 Å². The van der Waals surface area contributed by atoms with Crippen molar-refractivity contribution in [2.75, 3.05) is 21.3 Å². The average Bonchev–Trinajstić information content (AvgIpc) is 2.35. The average molecular weight is 268 g/mol. The zero-order valence-electron chi connectivity index (χ0n) is 12.4. The van der Waals surface area contributed by atoms with E-state index in [0.29, 0.717) is 19.1 Å². The van der Waals surface area contributed by atoms with Gasteiger partial charge in [-0.25, -0.2) is 0 Å². The number of phenolic OH excluding ortho intramolecular Hbond substituents is 1. The quantitative estimate of drug-likeness (QED) is 0.825. The second-order valence-electron chi connectivity index (χ2n) is 4.95. The van der Waals surface area contributed by atoms with Crippen molar-refractivity contribution >= 4 is 0 Å². The molecule has 0 heterocycles. The third-order valence-corrected chi connectivity index (χ3v) is 3.08. The molecule has 0 saturated heterocycles. The topological polar surface area (TPSA) is 47.9 Å². The lowest BCUT2D eigenvalue weighted by atomic mass is 9.94. The molecule has 1 aromatic carbocycles. The van der Waals surface area contributed by atoms with E-state index >= 15 is 0 Å². The summed E-state index contributed by atoms with van der Waals surface area (Å²) in [4.78, 5) is 0. The number of benzene rings is 1. The van der Waals surface area contributed by atoms with Gasteiger partial charge in [0.1, 0.15) is 5.75 Å². The molecular formula is C15H24O4. The van der Waals surface area contributed by atoms with Crippen molar-refractivity contribution in [1.29, 1.82) is 0 Å². The molecular weight excluding hydrogens is 244 g/mol. The largest absolute Gasteiger partial charge is 0.507 e. The summed E-state index contributed by atoms with van der Waals surface area (Å²) in [5.74, 6) is 0.589. The molecule has 1 aromatic rings. The number of hydrogen-bond acceptors (Lipinski definition) is 4. The van der Waals surface area contributed by atoms with E-state index in [0.717, 1.165) is 16.7 Å². The van der Waals surface area contributed by atoms with Gasteiger partial charge in [-0.05, 0) is 23.6 Å². The van der Waals surface area contributed by atoms with E-state index in [-0.39, 0.29) is 11.9 Å². The van der Waals surface area contributed by atoms with Crippen LogP contribution in [-0.2, 0) is 27.4 Å². The Morgan fingerprint density at radius 2 is 1.47 bits per heavy atom. The van der Waals surface area contributed by atoms with E-state index < -0.39 is 0 Å². The molecule has 0 aliphatic rings. The van der Waals surface area contributed by atoms with Crippen molar-refractivity contribution in [2.45, 2.75) is 33.2 Å². The predicted molar refractivity (Wildman–Crippen MR) is 74.1 cm³/mol. The Morgan fingerprint density at radius 1 is 1.00 bits per heavy atom. The fourth-order valence-corrected chi connectivity index (χ4v) is 2.28. The minimum atomic E-state index is -0.00758. The minimum absolute atomic E-state index is 0.00758. The molecule has 0 radical (unpaired) electrons. The molecule has 0 aliphatic heterocycles. The number of methoxy groups -OCH3 is 3. The summed E-state index contributed by atoms with van der Waals surface area (Å²) < 4.78 is 15.8. The van der Waals surface area contributed by atoms with Crippen LogP contribution in [0, 0.1) is 5.92 Å². The highest BCUT2D eigenvalue weighted by Crippen LogP contribution is 2.32. The van der Waals surface area contributed by atoms with Crippen molar-refractivity contribution < 1.29 is 19.3 Å². The van der Waals surface area contributed by atoms with Gasteiger partial charge in [-0.2, -0.15) is 0 Å². The summed E-state index contributed by atoms with van der Waals surface area (Å²) in [6, 6.07) is 3.87. The first-order valence-corrected chi connectivity index (χ1v) is 6.40. The highest BCUT2D eigenvalue weighted by atomic mass is 16.5. The molecule has 0 aliphatic carbocycles. The van der Waals surface area contributed by atoms with Crippen LogP contribution in [0.4, 0.5) is 0 Å². The Bertz CT molecular complexity index is 374. The van der Waals surface area contributed by atoms with E-state index in [4.69, 9.17) is 14.2 Å². The Kier molecular flexibility index (Phi) is 6.28. The van der Waals surface area contributed by atoms with Crippen LogP contribution in [0.1, 0.15) is 36.6 Å². The van der Waals surface area contributed by atoms with Gasteiger partial charge >= 0.3 is 0 Å². The zero-order chi connectivity index (χ0) is 14.4. The molecule has 108 valence electrons. The molecule has 1 N–H and O–H groups in total. The Hall–Kier alpha value is -1.10. The van der Waals surface area contributed by atoms with Crippen LogP contribution in [0.3, 0.4) is 0 Å². The summed E-state index contributed by atoms with van der Waals surface area (Å²) in [6.45, 7) is 4.94. The third kappa shape index (κ3) is 3.93. The Labute approximate surface area is 115 Å². The number of rotatable bonds is 7. The van der Waals surface area contributed by atoms with E-state index in [1.165, 1.54) is 0 Å². The highest BCUT2D eigenvalue weighted by molar-refractivity contribution is 5.44. The fraction of sp³-hybridized carbons (Fsp3) is 0.600. The van der Waals surface area contributed by atoms with Gasteiger partial charge in [0.25, 0.3) is 0 Å². The van der Waals surface area contributed by atoms with Crippen LogP contribution in [0.15, 0.2) is 12.1 Å². The zero-order valence-corrected chi connectivity index (χ0v) is 12.4. The van der Waals surface area contributed by atoms with Gasteiger partial charge < -0.3 is 19.3 Å². The molecule has 1 rings (SSSR count). The maximum absolute atomic E-state index is 10.2. The molecule has 0 amide bonds. The first-order chi connectivity index (χ1) is 9.04. The molecule has 0 spiro atoms. The molecule has 1 atom stereocenters. The third-order valence-electron chi connectivity index (χ3n) is 3.08. The fourth-order valence-electron chi connectivity index (χ4n) is 2.28. The monoisotopic (exact) mass is 268 g/mol. The standard InChI is InChI=1S/C15H24O4/c1-10(2)15(19-5)11-6-12(8-17-3)14(16)13(7-11)9-18-4/h6-7,10,15-16H,8-9H2,1-5H3. The van der Waals surface area contributed by atoms with Crippen molar-refractivity contribution in [3.8, 4) is 5.75 Å². The van der Waals surface area contributed by atoms with Gasteiger partial charge in [0.2, 0.25) is 0 Å². The molecule has 0 saturated carbocycles. The number of hydrogen-bond donors (Lipinski definition) is 1. The Morgan fingerprint density at radius 3 is 1.79 bits per heavy atom. The SMILES string of the molecule is COCc1cc(C(OC)C(C)C)cc(COC)c1O. The van der Waals surface area contributed by atoms with Crippen molar-refractivity contribution in [1.82, 2.24) is 0 Å². The second-order valence-corrected chi connectivity index (χ2v) is 4.95. The van der Waals surface area contributed by atoms with Gasteiger partial charge in [0.15, 0.2) is 0 Å². The molecule has 4 nitrogen and oxygen atoms in total. The lowest BCUT2D eigenvalue weighted by Crippen LogP contribution is -2.10. The van der Waals surface area contributed by atoms with Crippen LogP contribution in [0.25, 0.3) is 0 Å². The molecule has 0 aromatic heterocycles. The van der Waals surface area contributed by atoms with Gasteiger partial charge in [-0.3, -0.25) is 0 Å². The van der Waals surface area contributed by atoms with Gasteiger partial charge in [-0.15, -0.1) is 0 Å². The second kappa shape index (κ2) is 7.48. The highest BCUT2D eigenvalue weighted by Gasteiger charge is 2.19. The van der Waals surface area contributed by atoms with Crippen molar-refractivity contribution in [3.05, 3.63) is 28.8 Å². The summed E-state index contributed by atoms with van der Waals surface area (Å²) in [5, 5.41) is 10.2. The summed E-state index contributed by atoms with van der Waals surface area (Å²) in [6.07, 6.45) is -0.00758. The molecule has 19 heavy (non-hydrogen) atoms. The van der Waals surface area contributed by atoms with E-state index in [9.17, 15) is 5.11 Å². The van der Waals surface area contributed by atoms with E-state index in [1.54, 1.807) is 21.3 Å². The number of phenols is 1. The molecule has 0 fully saturated rings. The van der Waals surface area contributed by atoms with Crippen molar-refractivity contribution in [3.63, 3.8) is 0 Å². The van der Waals surface area contributed by atoms with Crippen LogP contribution in [-0.4, -0.2) is 26.4 Å². The lowest BCUT2D eigenvalue weighted by Gasteiger charge is -2.22. The van der Waals surface area contributed by atoms with Gasteiger partial charge in [0.05, 0.1) is 19.3 Å². The number of aromatic hydroxyl groups is 1. The van der Waals surface area contributed by atoms with E-state index in [2.05, 4.69) is 13.8 Å². The van der Waals surface area contributed by atoms with Crippen LogP contribution in [0.2, 0.25) is 0 Å². The predicted octanol–water partition coefficient (Wildman–Crippen LogP) is 3.03. The van der Waals surface area contributed by atoms with E-state index in [1.807, 2.05) is 12.1 Å². The minimum Gasteiger partial charge on any atom is -0.507 e. The summed E-state index contributed by atoms with van der Waals surface area (Å²) >= 11 is 0. The Balaban J connectivity index is 3.23. The first kappa shape index (κ1) is 16.0. The summed E-state index contributed by atoms with van der Waals surface area (Å²) in [7, 11) is 4.92. The lowest BCUT2D eigenvalue weighted by molar-refractivity contribution is 0.0641. The first-order valence-electron chi connectivity index (χ1n) is 6.40. The molecule has 4 heteroatoms. The van der Waals surface area contributed by atoms with Gasteiger partial charge in [-0.1, -0.05) is 13.8 Å². The van der Waals surface area contributed by atoms with Gasteiger partial charge in [0, 0.05) is 32.5 Å². The van der Waals surface area contributed by atoms with Crippen LogP contribution < -0.4 is 0 Å².